The van der Waals surface area contributed by atoms with Gasteiger partial charge in [-0.2, -0.15) is 0 Å². The van der Waals surface area contributed by atoms with Crippen molar-refractivity contribution in [2.45, 2.75) is 69.4 Å². The van der Waals surface area contributed by atoms with Crippen molar-refractivity contribution in [3.63, 3.8) is 0 Å². The van der Waals surface area contributed by atoms with Gasteiger partial charge in [-0.15, -0.1) is 0 Å². The quantitative estimate of drug-likeness (QED) is 0.849. The zero-order valence-corrected chi connectivity index (χ0v) is 12.4. The fourth-order valence-electron chi connectivity index (χ4n) is 4.67. The predicted molar refractivity (Wildman–Crippen MR) is 80.3 cm³/mol. The van der Waals surface area contributed by atoms with Crippen LogP contribution in [0.2, 0.25) is 0 Å². The van der Waals surface area contributed by atoms with Crippen molar-refractivity contribution in [3.05, 3.63) is 0 Å². The summed E-state index contributed by atoms with van der Waals surface area (Å²) in [6.07, 6.45) is 12.5. The van der Waals surface area contributed by atoms with Gasteiger partial charge >= 0.3 is 0 Å². The summed E-state index contributed by atoms with van der Waals surface area (Å²) in [5.74, 6) is 0. The summed E-state index contributed by atoms with van der Waals surface area (Å²) in [4.78, 5) is 5.52. The Bertz CT molecular complexity index is 272. The predicted octanol–water partition coefficient (Wildman–Crippen LogP) is 2.21. The summed E-state index contributed by atoms with van der Waals surface area (Å²) in [7, 11) is 0. The minimum absolute atomic E-state index is 0.382. The van der Waals surface area contributed by atoms with Crippen LogP contribution in [-0.4, -0.2) is 54.1 Å². The van der Waals surface area contributed by atoms with Gasteiger partial charge in [-0.05, 0) is 51.6 Å². The number of hydrogen-bond donors (Lipinski definition) is 1. The standard InChI is InChI=1S/C16H31N3/c17-14-16(8-2-3-9-16)19-12-6-15(7-13-19)18-10-4-1-5-11-18/h15H,1-14,17H2. The Labute approximate surface area is 118 Å². The van der Waals surface area contributed by atoms with Gasteiger partial charge in [0.15, 0.2) is 0 Å². The fraction of sp³-hybridized carbons (Fsp3) is 1.00. The van der Waals surface area contributed by atoms with Crippen LogP contribution in [0.15, 0.2) is 0 Å². The third kappa shape index (κ3) is 2.84. The molecule has 0 radical (unpaired) electrons. The molecule has 0 aromatic rings. The van der Waals surface area contributed by atoms with Gasteiger partial charge in [0.05, 0.1) is 0 Å². The molecular formula is C16H31N3. The average Bonchev–Trinajstić information content (AvgIpc) is 2.98. The van der Waals surface area contributed by atoms with E-state index in [1.807, 2.05) is 0 Å². The first-order valence-electron chi connectivity index (χ1n) is 8.53. The second-order valence-corrected chi connectivity index (χ2v) is 6.95. The molecule has 0 unspecified atom stereocenters. The van der Waals surface area contributed by atoms with Gasteiger partial charge < -0.3 is 10.6 Å². The van der Waals surface area contributed by atoms with Gasteiger partial charge in [0.25, 0.3) is 0 Å². The average molecular weight is 265 g/mol. The maximum atomic E-state index is 6.13. The Morgan fingerprint density at radius 3 is 2.05 bits per heavy atom. The topological polar surface area (TPSA) is 32.5 Å². The van der Waals surface area contributed by atoms with Crippen LogP contribution in [0, 0.1) is 0 Å². The molecule has 3 nitrogen and oxygen atoms in total. The summed E-state index contributed by atoms with van der Waals surface area (Å²) in [5, 5.41) is 0. The van der Waals surface area contributed by atoms with Crippen LogP contribution in [0.4, 0.5) is 0 Å². The van der Waals surface area contributed by atoms with Crippen molar-refractivity contribution >= 4 is 0 Å². The van der Waals surface area contributed by atoms with E-state index < -0.39 is 0 Å². The van der Waals surface area contributed by atoms with Crippen LogP contribution in [0.5, 0.6) is 0 Å². The van der Waals surface area contributed by atoms with Gasteiger partial charge in [0.1, 0.15) is 0 Å². The summed E-state index contributed by atoms with van der Waals surface area (Å²) in [6.45, 7) is 6.16. The molecule has 0 amide bonds. The number of nitrogens with zero attached hydrogens (tertiary/aromatic N) is 2. The highest BCUT2D eigenvalue weighted by molar-refractivity contribution is 4.98. The SMILES string of the molecule is NCC1(N2CCC(N3CCCCC3)CC2)CCCC1. The van der Waals surface area contributed by atoms with Gasteiger partial charge in [0, 0.05) is 31.2 Å². The second kappa shape index (κ2) is 6.11. The molecule has 0 bridgehead atoms. The van der Waals surface area contributed by atoms with Crippen LogP contribution in [0.3, 0.4) is 0 Å². The molecule has 3 heteroatoms. The van der Waals surface area contributed by atoms with Gasteiger partial charge in [-0.25, -0.2) is 0 Å². The molecule has 0 atom stereocenters. The molecule has 0 spiro atoms. The minimum Gasteiger partial charge on any atom is -0.329 e. The third-order valence-corrected chi connectivity index (χ3v) is 5.96. The Morgan fingerprint density at radius 1 is 0.842 bits per heavy atom. The molecule has 3 aliphatic rings. The monoisotopic (exact) mass is 265 g/mol. The lowest BCUT2D eigenvalue weighted by Crippen LogP contribution is -2.57. The van der Waals surface area contributed by atoms with Gasteiger partial charge in [-0.3, -0.25) is 4.90 Å². The summed E-state index contributed by atoms with van der Waals surface area (Å²) < 4.78 is 0. The number of rotatable bonds is 3. The molecule has 110 valence electrons. The van der Waals surface area contributed by atoms with E-state index in [4.69, 9.17) is 5.73 Å². The molecule has 0 aromatic heterocycles. The Balaban J connectivity index is 1.53. The minimum atomic E-state index is 0.382. The van der Waals surface area contributed by atoms with Crippen LogP contribution in [0.1, 0.15) is 57.8 Å². The zero-order chi connectivity index (χ0) is 13.1. The molecule has 19 heavy (non-hydrogen) atoms. The molecule has 3 fully saturated rings. The lowest BCUT2D eigenvalue weighted by molar-refractivity contribution is 0.0313. The number of nitrogens with two attached hydrogens (primary N) is 1. The van der Waals surface area contributed by atoms with Crippen molar-refractivity contribution in [2.75, 3.05) is 32.7 Å². The molecule has 3 rings (SSSR count). The van der Waals surface area contributed by atoms with E-state index in [9.17, 15) is 0 Å². The maximum absolute atomic E-state index is 6.13. The summed E-state index contributed by atoms with van der Waals surface area (Å²) in [6, 6.07) is 0.868. The largest absolute Gasteiger partial charge is 0.329 e. The van der Waals surface area contributed by atoms with Crippen molar-refractivity contribution in [1.82, 2.24) is 9.80 Å². The van der Waals surface area contributed by atoms with E-state index in [2.05, 4.69) is 9.80 Å². The molecule has 2 heterocycles. The van der Waals surface area contributed by atoms with E-state index in [0.717, 1.165) is 12.6 Å². The van der Waals surface area contributed by atoms with Crippen molar-refractivity contribution < 1.29 is 0 Å². The lowest BCUT2D eigenvalue weighted by Gasteiger charge is -2.47. The first-order chi connectivity index (χ1) is 9.34. The number of piperidine rings is 2. The van der Waals surface area contributed by atoms with Gasteiger partial charge in [0.2, 0.25) is 0 Å². The first-order valence-corrected chi connectivity index (χ1v) is 8.53. The van der Waals surface area contributed by atoms with E-state index in [1.165, 1.54) is 84.0 Å². The molecular weight excluding hydrogens is 234 g/mol. The highest BCUT2D eigenvalue weighted by Crippen LogP contribution is 2.36. The highest BCUT2D eigenvalue weighted by Gasteiger charge is 2.40. The van der Waals surface area contributed by atoms with E-state index in [0.29, 0.717) is 5.54 Å². The molecule has 1 aliphatic carbocycles. The van der Waals surface area contributed by atoms with Crippen LogP contribution >= 0.6 is 0 Å². The Hall–Kier alpha value is -0.120. The zero-order valence-electron chi connectivity index (χ0n) is 12.4. The Morgan fingerprint density at radius 2 is 1.47 bits per heavy atom. The normalized spacial score (nSPS) is 30.8. The lowest BCUT2D eigenvalue weighted by atomic mass is 9.90. The molecule has 1 saturated carbocycles. The summed E-state index contributed by atoms with van der Waals surface area (Å²) >= 11 is 0. The van der Waals surface area contributed by atoms with E-state index in [1.54, 1.807) is 0 Å². The van der Waals surface area contributed by atoms with Crippen LogP contribution in [-0.2, 0) is 0 Å². The van der Waals surface area contributed by atoms with Crippen LogP contribution in [0.25, 0.3) is 0 Å². The number of hydrogen-bond acceptors (Lipinski definition) is 3. The third-order valence-electron chi connectivity index (χ3n) is 5.96. The fourth-order valence-corrected chi connectivity index (χ4v) is 4.67. The van der Waals surface area contributed by atoms with Crippen molar-refractivity contribution in [3.8, 4) is 0 Å². The maximum Gasteiger partial charge on any atom is 0.0331 e. The first kappa shape index (κ1) is 13.8. The van der Waals surface area contributed by atoms with Crippen molar-refractivity contribution in [1.29, 1.82) is 0 Å². The second-order valence-electron chi connectivity index (χ2n) is 6.95. The van der Waals surface area contributed by atoms with Crippen LogP contribution < -0.4 is 5.73 Å². The molecule has 0 aromatic carbocycles. The van der Waals surface area contributed by atoms with Crippen molar-refractivity contribution in [2.24, 2.45) is 5.73 Å². The molecule has 2 saturated heterocycles. The molecule has 2 aliphatic heterocycles. The van der Waals surface area contributed by atoms with E-state index >= 15 is 0 Å². The Kier molecular flexibility index (Phi) is 4.45. The summed E-state index contributed by atoms with van der Waals surface area (Å²) in [5.41, 5.74) is 6.51. The number of likely N-dealkylation sites (tertiary alicyclic amines) is 2. The highest BCUT2D eigenvalue weighted by atomic mass is 15.2. The van der Waals surface area contributed by atoms with Gasteiger partial charge in [-0.1, -0.05) is 19.3 Å². The van der Waals surface area contributed by atoms with E-state index in [-0.39, 0.29) is 0 Å². The molecule has 2 N–H and O–H groups in total. The smallest absolute Gasteiger partial charge is 0.0331 e.